The van der Waals surface area contributed by atoms with Crippen LogP contribution in [0.5, 0.6) is 0 Å². The van der Waals surface area contributed by atoms with Crippen molar-refractivity contribution in [2.24, 2.45) is 0 Å². The predicted octanol–water partition coefficient (Wildman–Crippen LogP) is 1.90. The molecule has 1 aromatic heterocycles. The Hall–Kier alpha value is -2.29. The number of benzene rings is 1. The molecule has 0 aliphatic heterocycles. The van der Waals surface area contributed by atoms with Gasteiger partial charge in [0.2, 0.25) is 0 Å². The number of nitro benzene ring substituents is 1. The first-order valence-electron chi connectivity index (χ1n) is 6.12. The van der Waals surface area contributed by atoms with Crippen LogP contribution < -0.4 is 5.32 Å². The predicted molar refractivity (Wildman–Crippen MR) is 77.7 cm³/mol. The molecule has 0 atom stereocenters. The molecule has 0 spiro atoms. The molecule has 1 heterocycles. The fraction of sp³-hybridized carbons (Fsp3) is 0.250. The molecule has 1 amide bonds. The van der Waals surface area contributed by atoms with Crippen molar-refractivity contribution in [2.45, 2.75) is 20.0 Å². The highest BCUT2D eigenvalue weighted by Gasteiger charge is 2.19. The van der Waals surface area contributed by atoms with Gasteiger partial charge >= 0.3 is 0 Å². The van der Waals surface area contributed by atoms with E-state index in [2.05, 4.69) is 31.4 Å². The van der Waals surface area contributed by atoms with Crippen molar-refractivity contribution in [3.05, 3.63) is 50.5 Å². The van der Waals surface area contributed by atoms with Gasteiger partial charge in [0.1, 0.15) is 10.8 Å². The van der Waals surface area contributed by atoms with E-state index in [-0.39, 0.29) is 22.3 Å². The van der Waals surface area contributed by atoms with Crippen LogP contribution >= 0.6 is 15.9 Å². The molecule has 2 rings (SSSR count). The van der Waals surface area contributed by atoms with Crippen molar-refractivity contribution in [3.63, 3.8) is 0 Å². The highest BCUT2D eigenvalue weighted by molar-refractivity contribution is 9.10. The monoisotopic (exact) mass is 353 g/mol. The molecule has 0 fully saturated rings. The molecule has 1 N–H and O–H groups in total. The number of nitro groups is 1. The Bertz CT molecular complexity index is 685. The summed E-state index contributed by atoms with van der Waals surface area (Å²) in [7, 11) is 0. The van der Waals surface area contributed by atoms with Gasteiger partial charge < -0.3 is 9.88 Å². The second kappa shape index (κ2) is 6.44. The van der Waals surface area contributed by atoms with E-state index in [1.165, 1.54) is 18.2 Å². The lowest BCUT2D eigenvalue weighted by molar-refractivity contribution is -0.385. The lowest BCUT2D eigenvalue weighted by Gasteiger charge is -2.07. The van der Waals surface area contributed by atoms with Gasteiger partial charge in [-0.25, -0.2) is 0 Å². The third-order valence-electron chi connectivity index (χ3n) is 2.86. The minimum atomic E-state index is -0.547. The lowest BCUT2D eigenvalue weighted by atomic mass is 10.2. The molecule has 2 aromatic rings. The number of amides is 1. The average Bonchev–Trinajstić information content (AvgIpc) is 2.92. The Morgan fingerprint density at radius 1 is 1.52 bits per heavy atom. The molecule has 0 aliphatic carbocycles. The fourth-order valence-corrected chi connectivity index (χ4v) is 2.36. The Balaban J connectivity index is 2.14. The summed E-state index contributed by atoms with van der Waals surface area (Å²) in [6.45, 7) is 2.83. The number of hydrogen-bond acceptors (Lipinski definition) is 5. The summed E-state index contributed by atoms with van der Waals surface area (Å²) in [6.07, 6.45) is 1.57. The molecule has 0 radical (unpaired) electrons. The van der Waals surface area contributed by atoms with Gasteiger partial charge in [-0.3, -0.25) is 14.9 Å². The molecule has 8 nitrogen and oxygen atoms in total. The van der Waals surface area contributed by atoms with E-state index in [0.717, 1.165) is 0 Å². The number of nitrogens with one attached hydrogen (secondary N) is 1. The number of carbonyl (C=O) groups is 1. The van der Waals surface area contributed by atoms with Gasteiger partial charge in [-0.1, -0.05) is 6.07 Å². The summed E-state index contributed by atoms with van der Waals surface area (Å²) in [6, 6.07) is 4.30. The molecule has 21 heavy (non-hydrogen) atoms. The molecule has 0 bridgehead atoms. The number of rotatable bonds is 5. The number of halogens is 1. The highest BCUT2D eigenvalue weighted by atomic mass is 79.9. The van der Waals surface area contributed by atoms with Crippen LogP contribution in [0.1, 0.15) is 23.1 Å². The Morgan fingerprint density at radius 2 is 2.29 bits per heavy atom. The quantitative estimate of drug-likeness (QED) is 0.653. The SMILES string of the molecule is CCn1cnnc1CNC(=O)c1cccc([N+](=O)[O-])c1Br. The zero-order chi connectivity index (χ0) is 15.4. The van der Waals surface area contributed by atoms with Crippen LogP contribution in [0.3, 0.4) is 0 Å². The zero-order valence-corrected chi connectivity index (χ0v) is 12.7. The number of nitrogens with zero attached hydrogens (tertiary/aromatic N) is 4. The largest absolute Gasteiger partial charge is 0.345 e. The molecular formula is C12H12BrN5O3. The van der Waals surface area contributed by atoms with Gasteiger partial charge in [-0.15, -0.1) is 10.2 Å². The van der Waals surface area contributed by atoms with E-state index in [0.29, 0.717) is 12.4 Å². The van der Waals surface area contributed by atoms with Crippen molar-refractivity contribution in [1.29, 1.82) is 0 Å². The first kappa shape index (κ1) is 15.1. The van der Waals surface area contributed by atoms with Gasteiger partial charge in [-0.2, -0.15) is 0 Å². The molecule has 0 saturated carbocycles. The van der Waals surface area contributed by atoms with Crippen molar-refractivity contribution in [3.8, 4) is 0 Å². The van der Waals surface area contributed by atoms with Gasteiger partial charge in [0, 0.05) is 12.6 Å². The van der Waals surface area contributed by atoms with Crippen LogP contribution in [-0.2, 0) is 13.1 Å². The topological polar surface area (TPSA) is 103 Å². The molecule has 0 saturated heterocycles. The number of aromatic nitrogens is 3. The first-order chi connectivity index (χ1) is 10.0. The number of aryl methyl sites for hydroxylation is 1. The van der Waals surface area contributed by atoms with Gasteiger partial charge in [-0.05, 0) is 28.9 Å². The van der Waals surface area contributed by atoms with Crippen LogP contribution in [0.15, 0.2) is 29.0 Å². The van der Waals surface area contributed by atoms with Crippen molar-refractivity contribution >= 4 is 27.5 Å². The van der Waals surface area contributed by atoms with Crippen molar-refractivity contribution in [1.82, 2.24) is 20.1 Å². The van der Waals surface area contributed by atoms with E-state index < -0.39 is 10.8 Å². The summed E-state index contributed by atoms with van der Waals surface area (Å²) in [5, 5.41) is 21.2. The van der Waals surface area contributed by atoms with E-state index in [1.54, 1.807) is 10.9 Å². The molecule has 0 aliphatic rings. The molecular weight excluding hydrogens is 342 g/mol. The minimum Gasteiger partial charge on any atom is -0.345 e. The van der Waals surface area contributed by atoms with Crippen LogP contribution in [0.2, 0.25) is 0 Å². The maximum atomic E-state index is 12.1. The summed E-state index contributed by atoms with van der Waals surface area (Å²) in [5.41, 5.74) is 0.0474. The molecule has 9 heteroatoms. The summed E-state index contributed by atoms with van der Waals surface area (Å²) >= 11 is 3.09. The number of carbonyl (C=O) groups excluding carboxylic acids is 1. The zero-order valence-electron chi connectivity index (χ0n) is 11.1. The fourth-order valence-electron chi connectivity index (χ4n) is 1.77. The molecule has 0 unspecified atom stereocenters. The van der Waals surface area contributed by atoms with Crippen LogP contribution in [0.25, 0.3) is 0 Å². The van der Waals surface area contributed by atoms with E-state index in [4.69, 9.17) is 0 Å². The smallest absolute Gasteiger partial charge is 0.284 e. The highest BCUT2D eigenvalue weighted by Crippen LogP contribution is 2.28. The summed E-state index contributed by atoms with van der Waals surface area (Å²) in [4.78, 5) is 22.4. The normalized spacial score (nSPS) is 10.4. The van der Waals surface area contributed by atoms with E-state index in [9.17, 15) is 14.9 Å². The Labute approximate surface area is 128 Å². The third-order valence-corrected chi connectivity index (χ3v) is 3.70. The van der Waals surface area contributed by atoms with Crippen molar-refractivity contribution in [2.75, 3.05) is 0 Å². The van der Waals surface area contributed by atoms with E-state index >= 15 is 0 Å². The standard InChI is InChI=1S/C12H12BrN5O3/c1-2-17-7-15-16-10(17)6-14-12(19)8-4-3-5-9(11(8)13)18(20)21/h3-5,7H,2,6H2,1H3,(H,14,19). The Kier molecular flexibility index (Phi) is 4.63. The third kappa shape index (κ3) is 3.24. The molecule has 110 valence electrons. The van der Waals surface area contributed by atoms with Crippen LogP contribution in [0.4, 0.5) is 5.69 Å². The maximum Gasteiger partial charge on any atom is 0.284 e. The van der Waals surface area contributed by atoms with Crippen LogP contribution in [0, 0.1) is 10.1 Å². The van der Waals surface area contributed by atoms with Crippen LogP contribution in [-0.4, -0.2) is 25.6 Å². The first-order valence-corrected chi connectivity index (χ1v) is 6.91. The molecule has 1 aromatic carbocycles. The minimum absolute atomic E-state index is 0.153. The Morgan fingerprint density at radius 3 is 2.95 bits per heavy atom. The van der Waals surface area contributed by atoms with Crippen molar-refractivity contribution < 1.29 is 9.72 Å². The second-order valence-electron chi connectivity index (χ2n) is 4.11. The summed E-state index contributed by atoms with van der Waals surface area (Å²) < 4.78 is 1.95. The van der Waals surface area contributed by atoms with E-state index in [1.807, 2.05) is 6.92 Å². The average molecular weight is 354 g/mol. The number of hydrogen-bond donors (Lipinski definition) is 1. The van der Waals surface area contributed by atoms with Gasteiger partial charge in [0.15, 0.2) is 5.82 Å². The second-order valence-corrected chi connectivity index (χ2v) is 4.90. The summed E-state index contributed by atoms with van der Waals surface area (Å²) in [5.74, 6) is 0.198. The van der Waals surface area contributed by atoms with Gasteiger partial charge in [0.05, 0.1) is 17.0 Å². The maximum absolute atomic E-state index is 12.1. The van der Waals surface area contributed by atoms with Gasteiger partial charge in [0.25, 0.3) is 11.6 Å². The lowest BCUT2D eigenvalue weighted by Crippen LogP contribution is -2.25.